The van der Waals surface area contributed by atoms with Crippen molar-refractivity contribution in [1.82, 2.24) is 4.90 Å². The quantitative estimate of drug-likeness (QED) is 0.797. The van der Waals surface area contributed by atoms with E-state index in [0.717, 1.165) is 24.0 Å². The number of benzene rings is 1. The smallest absolute Gasteiger partial charge is 0.312 e. The van der Waals surface area contributed by atoms with Gasteiger partial charge in [0.1, 0.15) is 0 Å². The Morgan fingerprint density at radius 2 is 1.71 bits per heavy atom. The first-order valence-corrected chi connectivity index (χ1v) is 8.24. The fraction of sp³-hybridized carbons (Fsp3) is 0.526. The van der Waals surface area contributed by atoms with Crippen LogP contribution in [0.5, 0.6) is 0 Å². The van der Waals surface area contributed by atoms with E-state index in [4.69, 9.17) is 14.2 Å². The minimum atomic E-state index is -1.10. The maximum absolute atomic E-state index is 11.5. The number of hydrogen-bond acceptors (Lipinski definition) is 4. The van der Waals surface area contributed by atoms with Crippen LogP contribution in [0, 0.1) is 17.3 Å². The summed E-state index contributed by atoms with van der Waals surface area (Å²) in [6.07, 6.45) is 2.12. The zero-order valence-electron chi connectivity index (χ0n) is 14.4. The Balaban J connectivity index is 1.72. The predicted molar refractivity (Wildman–Crippen MR) is 88.9 cm³/mol. The van der Waals surface area contributed by atoms with E-state index in [9.17, 15) is 4.79 Å². The molecule has 3 aliphatic heterocycles. The summed E-state index contributed by atoms with van der Waals surface area (Å²) in [4.78, 5) is 13.0. The van der Waals surface area contributed by atoms with E-state index in [0.29, 0.717) is 19.8 Å². The van der Waals surface area contributed by atoms with Crippen LogP contribution in [0.2, 0.25) is 0 Å². The van der Waals surface area contributed by atoms with E-state index in [-0.39, 0.29) is 11.3 Å². The second-order valence-electron chi connectivity index (χ2n) is 6.70. The standard InChI is InChI=1S/C19H23NO4/c1-4-11-18-12-22-19(23-13-18,24-14-18)16-8-5-15(6-9-16)7-10-17(21)20(2)3/h5-6,8-9H,4,11-14H2,1-3H3. The van der Waals surface area contributed by atoms with E-state index >= 15 is 0 Å². The fourth-order valence-corrected chi connectivity index (χ4v) is 2.99. The molecule has 0 spiro atoms. The van der Waals surface area contributed by atoms with Gasteiger partial charge in [-0.2, -0.15) is 0 Å². The van der Waals surface area contributed by atoms with Crippen molar-refractivity contribution < 1.29 is 19.0 Å². The molecule has 0 aliphatic carbocycles. The molecule has 1 aromatic carbocycles. The van der Waals surface area contributed by atoms with Crippen molar-refractivity contribution in [3.63, 3.8) is 0 Å². The summed E-state index contributed by atoms with van der Waals surface area (Å²) < 4.78 is 17.8. The van der Waals surface area contributed by atoms with Crippen LogP contribution >= 0.6 is 0 Å². The van der Waals surface area contributed by atoms with Crippen molar-refractivity contribution in [2.45, 2.75) is 25.7 Å². The minimum absolute atomic E-state index is 0.00550. The largest absolute Gasteiger partial charge is 0.338 e. The van der Waals surface area contributed by atoms with Crippen molar-refractivity contribution in [1.29, 1.82) is 0 Å². The van der Waals surface area contributed by atoms with Crippen molar-refractivity contribution in [3.8, 4) is 11.8 Å². The summed E-state index contributed by atoms with van der Waals surface area (Å²) in [5.41, 5.74) is 1.57. The molecule has 3 aliphatic rings. The molecule has 0 atom stereocenters. The van der Waals surface area contributed by atoms with Crippen LogP contribution in [-0.4, -0.2) is 44.7 Å². The van der Waals surface area contributed by atoms with Crippen LogP contribution in [0.25, 0.3) is 0 Å². The fourth-order valence-electron chi connectivity index (χ4n) is 2.99. The minimum Gasteiger partial charge on any atom is -0.338 e. The van der Waals surface area contributed by atoms with Crippen LogP contribution in [0.1, 0.15) is 30.9 Å². The Kier molecular flexibility index (Phi) is 4.64. The highest BCUT2D eigenvalue weighted by atomic mass is 16.9. The molecular weight excluding hydrogens is 306 g/mol. The molecule has 1 amide bonds. The summed E-state index contributed by atoms with van der Waals surface area (Å²) in [5.74, 6) is 4.13. The number of hydrogen-bond donors (Lipinski definition) is 0. The topological polar surface area (TPSA) is 48.0 Å². The molecule has 1 aromatic rings. The van der Waals surface area contributed by atoms with Crippen LogP contribution in [0.4, 0.5) is 0 Å². The Hall–Kier alpha value is -1.87. The third-order valence-electron chi connectivity index (χ3n) is 4.44. The molecule has 4 rings (SSSR count). The number of carbonyl (C=O) groups is 1. The van der Waals surface area contributed by atoms with E-state index in [1.807, 2.05) is 24.3 Å². The number of rotatable bonds is 3. The maximum atomic E-state index is 11.5. The van der Waals surface area contributed by atoms with Gasteiger partial charge in [-0.25, -0.2) is 0 Å². The van der Waals surface area contributed by atoms with Crippen molar-refractivity contribution >= 4 is 5.91 Å². The Morgan fingerprint density at radius 3 is 2.21 bits per heavy atom. The van der Waals surface area contributed by atoms with Crippen molar-refractivity contribution in [3.05, 3.63) is 35.4 Å². The highest BCUT2D eigenvalue weighted by Crippen LogP contribution is 2.46. The highest BCUT2D eigenvalue weighted by Gasteiger charge is 2.53. The molecule has 0 radical (unpaired) electrons. The second kappa shape index (κ2) is 6.56. The van der Waals surface area contributed by atoms with Crippen LogP contribution in [-0.2, 0) is 25.0 Å². The first-order valence-electron chi connectivity index (χ1n) is 8.24. The van der Waals surface area contributed by atoms with Gasteiger partial charge in [0.2, 0.25) is 0 Å². The first-order chi connectivity index (χ1) is 11.5. The molecule has 128 valence electrons. The number of fused-ring (bicyclic) bond motifs is 3. The SMILES string of the molecule is CCCC12COC(c3ccc(C#CC(=O)N(C)C)cc3)(OC1)OC2. The molecule has 5 nitrogen and oxygen atoms in total. The molecule has 2 bridgehead atoms. The summed E-state index contributed by atoms with van der Waals surface area (Å²) in [7, 11) is 3.35. The van der Waals surface area contributed by atoms with Crippen LogP contribution in [0.3, 0.4) is 0 Å². The molecule has 0 saturated carbocycles. The molecular formula is C19H23NO4. The Bertz CT molecular complexity index is 644. The lowest BCUT2D eigenvalue weighted by Gasteiger charge is -2.51. The van der Waals surface area contributed by atoms with Gasteiger partial charge in [-0.1, -0.05) is 19.3 Å². The number of amides is 1. The lowest BCUT2D eigenvalue weighted by Crippen LogP contribution is -2.58. The van der Waals surface area contributed by atoms with Gasteiger partial charge in [0.15, 0.2) is 0 Å². The molecule has 0 unspecified atom stereocenters. The van der Waals surface area contributed by atoms with Gasteiger partial charge in [0, 0.05) is 36.6 Å². The average molecular weight is 329 g/mol. The zero-order chi connectivity index (χ0) is 17.2. The van der Waals surface area contributed by atoms with Crippen LogP contribution < -0.4 is 0 Å². The highest BCUT2D eigenvalue weighted by molar-refractivity contribution is 5.93. The molecule has 5 heteroatoms. The molecule has 0 aromatic heterocycles. The monoisotopic (exact) mass is 329 g/mol. The van der Waals surface area contributed by atoms with Gasteiger partial charge in [-0.15, -0.1) is 0 Å². The Morgan fingerprint density at radius 1 is 1.12 bits per heavy atom. The molecule has 3 saturated heterocycles. The summed E-state index contributed by atoms with van der Waals surface area (Å²) >= 11 is 0. The van der Waals surface area contributed by atoms with E-state index in [1.165, 1.54) is 4.90 Å². The predicted octanol–water partition coefficient (Wildman–Crippen LogP) is 2.10. The normalized spacial score (nSPS) is 28.1. The first kappa shape index (κ1) is 17.0. The molecule has 24 heavy (non-hydrogen) atoms. The van der Waals surface area contributed by atoms with Gasteiger partial charge >= 0.3 is 5.97 Å². The second-order valence-corrected chi connectivity index (χ2v) is 6.70. The van der Waals surface area contributed by atoms with E-state index in [2.05, 4.69) is 18.8 Å². The van der Waals surface area contributed by atoms with Gasteiger partial charge in [-0.3, -0.25) is 4.79 Å². The average Bonchev–Trinajstić information content (AvgIpc) is 2.61. The lowest BCUT2D eigenvalue weighted by atomic mass is 9.83. The summed E-state index contributed by atoms with van der Waals surface area (Å²) in [5, 5.41) is 0. The number of nitrogens with zero attached hydrogens (tertiary/aromatic N) is 1. The van der Waals surface area contributed by atoms with Gasteiger partial charge in [-0.05, 0) is 30.7 Å². The van der Waals surface area contributed by atoms with Gasteiger partial charge in [0.25, 0.3) is 5.91 Å². The Labute approximate surface area is 142 Å². The third kappa shape index (κ3) is 3.18. The van der Waals surface area contributed by atoms with Crippen molar-refractivity contribution in [2.24, 2.45) is 5.41 Å². The molecule has 3 fully saturated rings. The number of ether oxygens (including phenoxy) is 3. The molecule has 0 N–H and O–H groups in total. The van der Waals surface area contributed by atoms with Crippen LogP contribution in [0.15, 0.2) is 24.3 Å². The molecule has 3 heterocycles. The van der Waals surface area contributed by atoms with E-state index < -0.39 is 5.97 Å². The third-order valence-corrected chi connectivity index (χ3v) is 4.44. The van der Waals surface area contributed by atoms with Gasteiger partial charge in [0.05, 0.1) is 19.8 Å². The maximum Gasteiger partial charge on any atom is 0.312 e. The summed E-state index contributed by atoms with van der Waals surface area (Å²) in [6.45, 7) is 4.12. The van der Waals surface area contributed by atoms with Crippen molar-refractivity contribution in [2.75, 3.05) is 33.9 Å². The van der Waals surface area contributed by atoms with Gasteiger partial charge < -0.3 is 19.1 Å². The van der Waals surface area contributed by atoms with E-state index in [1.54, 1.807) is 14.1 Å². The number of carbonyl (C=O) groups excluding carboxylic acids is 1. The summed E-state index contributed by atoms with van der Waals surface area (Å²) in [6, 6.07) is 7.45. The zero-order valence-corrected chi connectivity index (χ0v) is 14.4. The lowest BCUT2D eigenvalue weighted by molar-refractivity contribution is -0.480.